The molecule has 11 heteroatoms. The Bertz CT molecular complexity index is 877. The van der Waals surface area contributed by atoms with E-state index < -0.39 is 29.8 Å². The second-order valence-corrected chi connectivity index (χ2v) is 5.55. The molecule has 2 amide bonds. The van der Waals surface area contributed by atoms with E-state index in [9.17, 15) is 26.7 Å². The third kappa shape index (κ3) is 3.32. The Hall–Kier alpha value is -2.75. The molecule has 0 unspecified atom stereocenters. The Kier molecular flexibility index (Phi) is 4.31. The predicted molar refractivity (Wildman–Crippen MR) is 80.0 cm³/mol. The van der Waals surface area contributed by atoms with E-state index in [0.717, 1.165) is 18.2 Å². The molecule has 5 nitrogen and oxygen atoms in total. The summed E-state index contributed by atoms with van der Waals surface area (Å²) in [4.78, 5) is 11.9. The molecule has 1 aliphatic heterocycles. The molecule has 0 radical (unpaired) electrons. The second kappa shape index (κ2) is 6.20. The average molecular weight is 395 g/mol. The van der Waals surface area contributed by atoms with Crippen molar-refractivity contribution in [2.24, 2.45) is 0 Å². The number of amides is 2. The molecule has 2 N–H and O–H groups in total. The number of carbonyl (C=O) groups excluding carboxylic acids is 1. The van der Waals surface area contributed by atoms with Crippen LogP contribution in [-0.2, 0) is 0 Å². The fourth-order valence-corrected chi connectivity index (χ4v) is 2.26. The minimum atomic E-state index is -5.18. The Morgan fingerprint density at radius 2 is 1.69 bits per heavy atom. The number of hydrogen-bond donors (Lipinski definition) is 2. The Morgan fingerprint density at radius 3 is 2.35 bits per heavy atom. The molecule has 2 aromatic carbocycles. The minimum absolute atomic E-state index is 0.0940. The molecule has 0 saturated heterocycles. The largest absolute Gasteiger partial charge is 0.492 e. The van der Waals surface area contributed by atoms with Crippen molar-refractivity contribution < 1.29 is 36.2 Å². The van der Waals surface area contributed by atoms with Gasteiger partial charge in [0.2, 0.25) is 0 Å². The molecule has 3 rings (SSSR count). The summed E-state index contributed by atoms with van der Waals surface area (Å²) in [5, 5.41) is 3.53. The van der Waals surface area contributed by atoms with Gasteiger partial charge in [-0.2, -0.15) is 13.2 Å². The number of benzene rings is 2. The maximum Gasteiger partial charge on any atom is 0.492 e. The summed E-state index contributed by atoms with van der Waals surface area (Å²) >= 11 is 5.69. The fraction of sp³-hybridized carbons (Fsp3) is 0.133. The first-order valence-corrected chi connectivity index (χ1v) is 7.26. The van der Waals surface area contributed by atoms with Crippen LogP contribution in [0.15, 0.2) is 36.4 Å². The van der Waals surface area contributed by atoms with E-state index in [1.165, 1.54) is 11.4 Å². The van der Waals surface area contributed by atoms with Crippen LogP contribution in [0.1, 0.15) is 0 Å². The first kappa shape index (κ1) is 18.1. The molecule has 0 saturated carbocycles. The van der Waals surface area contributed by atoms with Gasteiger partial charge in [0.1, 0.15) is 0 Å². The minimum Gasteiger partial charge on any atom is -0.424 e. The Morgan fingerprint density at radius 1 is 1.00 bits per heavy atom. The topological polar surface area (TPSA) is 59.6 Å². The van der Waals surface area contributed by atoms with E-state index in [2.05, 4.69) is 0 Å². The smallest absolute Gasteiger partial charge is 0.424 e. The Balaban J connectivity index is 1.82. The molecule has 138 valence electrons. The van der Waals surface area contributed by atoms with Crippen LogP contribution < -0.4 is 20.1 Å². The summed E-state index contributed by atoms with van der Waals surface area (Å²) in [6.45, 7) is 0. The van der Waals surface area contributed by atoms with Gasteiger partial charge in [0.15, 0.2) is 23.1 Å². The lowest BCUT2D eigenvalue weighted by Crippen LogP contribution is -2.65. The number of ether oxygens (including phenoxy) is 2. The van der Waals surface area contributed by atoms with Gasteiger partial charge in [-0.15, -0.1) is 0 Å². The number of nitrogens with one attached hydrogen (secondary N) is 2. The molecule has 0 fully saturated rings. The van der Waals surface area contributed by atoms with E-state index >= 15 is 0 Å². The zero-order chi connectivity index (χ0) is 19.1. The highest BCUT2D eigenvalue weighted by atomic mass is 35.5. The van der Waals surface area contributed by atoms with Gasteiger partial charge in [0, 0.05) is 22.8 Å². The van der Waals surface area contributed by atoms with Crippen molar-refractivity contribution in [1.29, 1.82) is 0 Å². The van der Waals surface area contributed by atoms with Crippen molar-refractivity contribution in [3.05, 3.63) is 53.1 Å². The maximum absolute atomic E-state index is 13.5. The van der Waals surface area contributed by atoms with Gasteiger partial charge in [-0.3, -0.25) is 5.32 Å². The van der Waals surface area contributed by atoms with Crippen molar-refractivity contribution in [3.63, 3.8) is 0 Å². The second-order valence-electron chi connectivity index (χ2n) is 5.12. The number of hydrogen-bond acceptors (Lipinski definition) is 3. The monoisotopic (exact) mass is 394 g/mol. The summed E-state index contributed by atoms with van der Waals surface area (Å²) in [5.41, 5.74) is -0.280. The van der Waals surface area contributed by atoms with Crippen molar-refractivity contribution in [1.82, 2.24) is 5.32 Å². The first-order chi connectivity index (χ1) is 12.1. The van der Waals surface area contributed by atoms with Crippen molar-refractivity contribution in [2.75, 3.05) is 5.32 Å². The molecule has 0 spiro atoms. The summed E-state index contributed by atoms with van der Waals surface area (Å²) in [6.07, 6.45) is -5.18. The van der Waals surface area contributed by atoms with Crippen LogP contribution in [0.25, 0.3) is 0 Å². The molecular weight excluding hydrogens is 387 g/mol. The lowest BCUT2D eigenvalue weighted by atomic mass is 10.3. The highest BCUT2D eigenvalue weighted by Gasteiger charge is 2.65. The summed E-state index contributed by atoms with van der Waals surface area (Å²) in [6, 6.07) is 4.33. The summed E-state index contributed by atoms with van der Waals surface area (Å²) in [5.74, 6) is -6.60. The number of rotatable bonds is 2. The van der Waals surface area contributed by atoms with E-state index in [4.69, 9.17) is 21.1 Å². The maximum atomic E-state index is 13.5. The van der Waals surface area contributed by atoms with Crippen LogP contribution in [-0.4, -0.2) is 18.1 Å². The van der Waals surface area contributed by atoms with E-state index in [1.54, 1.807) is 0 Å². The van der Waals surface area contributed by atoms with Gasteiger partial charge < -0.3 is 14.8 Å². The summed E-state index contributed by atoms with van der Waals surface area (Å²) < 4.78 is 75.9. The number of alkyl halides is 3. The molecule has 2 aromatic rings. The van der Waals surface area contributed by atoms with E-state index in [0.29, 0.717) is 12.1 Å². The SMILES string of the molecule is O=C(Nc1ccc(F)c(F)c1)N[C@]1(C(F)(F)F)Oc2ccc(Cl)cc2O1. The zero-order valence-electron chi connectivity index (χ0n) is 12.5. The molecular formula is C15H8ClF5N2O3. The molecule has 1 aliphatic rings. The lowest BCUT2D eigenvalue weighted by Gasteiger charge is -2.29. The standard InChI is InChI=1S/C15H8ClF5N2O3/c16-7-1-4-11-12(5-7)26-15(25-11,14(19,20)21)23-13(24)22-8-2-3-9(17)10(18)6-8/h1-6H,(H2,22,23,24)/t15-/m1/s1. The number of urea groups is 1. The first-order valence-electron chi connectivity index (χ1n) is 6.88. The summed E-state index contributed by atoms with van der Waals surface area (Å²) in [7, 11) is 0. The van der Waals surface area contributed by atoms with Gasteiger partial charge in [0.25, 0.3) is 0 Å². The molecule has 1 heterocycles. The normalized spacial score (nSPS) is 18.5. The predicted octanol–water partition coefficient (Wildman–Crippen LogP) is 4.43. The third-order valence-corrected chi connectivity index (χ3v) is 3.48. The number of anilines is 1. The van der Waals surface area contributed by atoms with E-state index in [1.807, 2.05) is 5.32 Å². The van der Waals surface area contributed by atoms with Gasteiger partial charge in [-0.1, -0.05) is 11.6 Å². The molecule has 26 heavy (non-hydrogen) atoms. The van der Waals surface area contributed by atoms with Crippen LogP contribution >= 0.6 is 11.6 Å². The highest BCUT2D eigenvalue weighted by Crippen LogP contribution is 2.46. The fourth-order valence-electron chi connectivity index (χ4n) is 2.10. The number of carbonyl (C=O) groups is 1. The average Bonchev–Trinajstić information content (AvgIpc) is 2.89. The van der Waals surface area contributed by atoms with Crippen LogP contribution in [0.2, 0.25) is 5.02 Å². The van der Waals surface area contributed by atoms with Crippen LogP contribution in [0.3, 0.4) is 0 Å². The number of fused-ring (bicyclic) bond motifs is 1. The lowest BCUT2D eigenvalue weighted by molar-refractivity contribution is -0.317. The van der Waals surface area contributed by atoms with Crippen molar-refractivity contribution in [3.8, 4) is 11.5 Å². The van der Waals surface area contributed by atoms with E-state index in [-0.39, 0.29) is 22.2 Å². The number of halogens is 6. The van der Waals surface area contributed by atoms with Crippen molar-refractivity contribution >= 4 is 23.3 Å². The van der Waals surface area contributed by atoms with Crippen molar-refractivity contribution in [2.45, 2.75) is 12.1 Å². The zero-order valence-corrected chi connectivity index (χ0v) is 13.2. The third-order valence-electron chi connectivity index (χ3n) is 3.24. The van der Waals surface area contributed by atoms with Crippen LogP contribution in [0.5, 0.6) is 11.5 Å². The van der Waals surface area contributed by atoms with Crippen LogP contribution in [0, 0.1) is 11.6 Å². The van der Waals surface area contributed by atoms with Gasteiger partial charge in [-0.25, -0.2) is 13.6 Å². The molecule has 0 bridgehead atoms. The van der Waals surface area contributed by atoms with Crippen LogP contribution in [0.4, 0.5) is 32.4 Å². The molecule has 0 aromatic heterocycles. The highest BCUT2D eigenvalue weighted by molar-refractivity contribution is 6.30. The quantitative estimate of drug-likeness (QED) is 0.741. The molecule has 0 aliphatic carbocycles. The van der Waals surface area contributed by atoms with Gasteiger partial charge in [-0.05, 0) is 24.3 Å². The molecule has 1 atom stereocenters. The Labute approximate surface area is 147 Å². The van der Waals surface area contributed by atoms with Gasteiger partial charge >= 0.3 is 18.1 Å². The van der Waals surface area contributed by atoms with Gasteiger partial charge in [0.05, 0.1) is 0 Å².